The highest BCUT2D eigenvalue weighted by Crippen LogP contribution is 2.38. The molecule has 0 atom stereocenters. The first-order valence-electron chi connectivity index (χ1n) is 16.7. The zero-order chi connectivity index (χ0) is 33.6. The summed E-state index contributed by atoms with van der Waals surface area (Å²) >= 11 is 0. The highest BCUT2D eigenvalue weighted by atomic mass is 16.7. The van der Waals surface area contributed by atoms with Gasteiger partial charge in [-0.15, -0.1) is 0 Å². The van der Waals surface area contributed by atoms with E-state index in [4.69, 9.17) is 24.3 Å². The summed E-state index contributed by atoms with van der Waals surface area (Å²) in [5.74, 6) is 1.93. The van der Waals surface area contributed by atoms with Crippen LogP contribution in [0.25, 0.3) is 67.2 Å². The third-order valence-corrected chi connectivity index (χ3v) is 9.79. The molecule has 7 aromatic rings. The molecule has 49 heavy (non-hydrogen) atoms. The first kappa shape index (κ1) is 30.9. The lowest BCUT2D eigenvalue weighted by Crippen LogP contribution is -2.41. The van der Waals surface area contributed by atoms with E-state index in [0.29, 0.717) is 17.5 Å². The van der Waals surface area contributed by atoms with E-state index < -0.39 is 7.12 Å². The molecule has 8 rings (SSSR count). The van der Waals surface area contributed by atoms with E-state index in [-0.39, 0.29) is 11.2 Å². The summed E-state index contributed by atoms with van der Waals surface area (Å²) in [7, 11) is -0.400. The largest absolute Gasteiger partial charge is 0.494 e. The van der Waals surface area contributed by atoms with Crippen LogP contribution in [0.5, 0.6) is 0 Å². The Balaban J connectivity index is 1.18. The van der Waals surface area contributed by atoms with Crippen molar-refractivity contribution in [3.8, 4) is 56.4 Å². The highest BCUT2D eigenvalue weighted by Gasteiger charge is 2.51. The molecule has 0 unspecified atom stereocenters. The fraction of sp³-hybridized carbons (Fsp3) is 0.140. The molecule has 1 aliphatic rings. The molecule has 1 saturated heterocycles. The van der Waals surface area contributed by atoms with Crippen LogP contribution in [0.1, 0.15) is 27.7 Å². The zero-order valence-electron chi connectivity index (χ0n) is 28.1. The smallest absolute Gasteiger partial charge is 0.399 e. The Hall–Kier alpha value is -5.43. The summed E-state index contributed by atoms with van der Waals surface area (Å²) < 4.78 is 12.6. The molecule has 2 heterocycles. The van der Waals surface area contributed by atoms with Crippen LogP contribution in [0.3, 0.4) is 0 Å². The fourth-order valence-electron chi connectivity index (χ4n) is 6.25. The van der Waals surface area contributed by atoms with Crippen molar-refractivity contribution in [3.05, 3.63) is 146 Å². The number of hydrogen-bond donors (Lipinski definition) is 0. The summed E-state index contributed by atoms with van der Waals surface area (Å²) in [5.41, 5.74) is 7.61. The van der Waals surface area contributed by atoms with Crippen molar-refractivity contribution in [1.82, 2.24) is 15.0 Å². The molecule has 0 amide bonds. The second-order valence-electron chi connectivity index (χ2n) is 13.6. The number of nitrogens with zero attached hydrogens (tertiary/aromatic N) is 3. The Morgan fingerprint density at radius 2 is 0.755 bits per heavy atom. The summed E-state index contributed by atoms with van der Waals surface area (Å²) in [6.45, 7) is 8.33. The van der Waals surface area contributed by atoms with Gasteiger partial charge in [0.1, 0.15) is 0 Å². The van der Waals surface area contributed by atoms with E-state index in [1.54, 1.807) is 0 Å². The number of rotatable bonds is 6. The summed E-state index contributed by atoms with van der Waals surface area (Å²) in [6, 6.07) is 50.3. The van der Waals surface area contributed by atoms with Gasteiger partial charge in [-0.3, -0.25) is 0 Å². The van der Waals surface area contributed by atoms with Crippen LogP contribution in [0.4, 0.5) is 0 Å². The van der Waals surface area contributed by atoms with Gasteiger partial charge in [0.25, 0.3) is 0 Å². The van der Waals surface area contributed by atoms with Crippen molar-refractivity contribution in [2.45, 2.75) is 38.9 Å². The standard InChI is InChI=1S/C43H36BN3O2/c1-42(2)43(3,4)49-44(48-42)36-25-23-30(24-26-36)38-28-35-18-12-11-17-34(35)27-37(38)29-19-21-33(22-20-29)41-46-39(31-13-7-5-8-14-31)45-40(47-41)32-15-9-6-10-16-32/h5-28H,1-4H3. The van der Waals surface area contributed by atoms with Gasteiger partial charge in [-0.1, -0.05) is 133 Å². The zero-order valence-corrected chi connectivity index (χ0v) is 28.1. The molecule has 1 aliphatic heterocycles. The van der Waals surface area contributed by atoms with Gasteiger partial charge in [0.15, 0.2) is 17.5 Å². The molecule has 0 spiro atoms. The Bertz CT molecular complexity index is 2200. The molecule has 238 valence electrons. The molecule has 0 bridgehead atoms. The number of hydrogen-bond acceptors (Lipinski definition) is 5. The molecule has 1 fully saturated rings. The van der Waals surface area contributed by atoms with Crippen molar-refractivity contribution < 1.29 is 9.31 Å². The minimum atomic E-state index is -0.400. The molecule has 1 aromatic heterocycles. The molecule has 0 aliphatic carbocycles. The summed E-state index contributed by atoms with van der Waals surface area (Å²) in [5, 5.41) is 2.39. The van der Waals surface area contributed by atoms with Gasteiger partial charge in [-0.25, -0.2) is 15.0 Å². The number of benzene rings is 6. The van der Waals surface area contributed by atoms with E-state index in [9.17, 15) is 0 Å². The fourth-order valence-corrected chi connectivity index (χ4v) is 6.25. The lowest BCUT2D eigenvalue weighted by Gasteiger charge is -2.32. The van der Waals surface area contributed by atoms with Crippen molar-refractivity contribution in [2.24, 2.45) is 0 Å². The number of aromatic nitrogens is 3. The van der Waals surface area contributed by atoms with Gasteiger partial charge >= 0.3 is 7.12 Å². The Morgan fingerprint density at radius 1 is 0.408 bits per heavy atom. The van der Waals surface area contributed by atoms with E-state index in [0.717, 1.165) is 44.4 Å². The topological polar surface area (TPSA) is 57.1 Å². The lowest BCUT2D eigenvalue weighted by atomic mass is 9.78. The number of fused-ring (bicyclic) bond motifs is 1. The highest BCUT2D eigenvalue weighted by molar-refractivity contribution is 6.62. The summed E-state index contributed by atoms with van der Waals surface area (Å²) in [4.78, 5) is 14.7. The first-order valence-corrected chi connectivity index (χ1v) is 16.7. The second-order valence-corrected chi connectivity index (χ2v) is 13.6. The van der Waals surface area contributed by atoms with E-state index >= 15 is 0 Å². The van der Waals surface area contributed by atoms with Gasteiger partial charge in [-0.2, -0.15) is 0 Å². The SMILES string of the molecule is CC1(C)OB(c2ccc(-c3cc4ccccc4cc3-c3ccc(-c4nc(-c5ccccc5)nc(-c5ccccc5)n4)cc3)cc2)OC1(C)C. The van der Waals surface area contributed by atoms with Crippen molar-refractivity contribution >= 4 is 23.4 Å². The van der Waals surface area contributed by atoms with Crippen molar-refractivity contribution in [1.29, 1.82) is 0 Å². The normalized spacial score (nSPS) is 15.1. The predicted octanol–water partition coefficient (Wildman–Crippen LogP) is 9.66. The Kier molecular flexibility index (Phi) is 7.71. The molecule has 6 heteroatoms. The van der Waals surface area contributed by atoms with E-state index in [2.05, 4.69) is 113 Å². The minimum Gasteiger partial charge on any atom is -0.399 e. The monoisotopic (exact) mass is 637 g/mol. The van der Waals surface area contributed by atoms with Gasteiger partial charge in [-0.05, 0) is 78.3 Å². The minimum absolute atomic E-state index is 0.387. The van der Waals surface area contributed by atoms with Crippen LogP contribution in [0.15, 0.2) is 146 Å². The Morgan fingerprint density at radius 3 is 1.18 bits per heavy atom. The van der Waals surface area contributed by atoms with Crippen LogP contribution in [-0.4, -0.2) is 33.3 Å². The summed E-state index contributed by atoms with van der Waals surface area (Å²) in [6.07, 6.45) is 0. The molecular weight excluding hydrogens is 601 g/mol. The predicted molar refractivity (Wildman–Crippen MR) is 200 cm³/mol. The molecular formula is C43H36BN3O2. The van der Waals surface area contributed by atoms with Crippen molar-refractivity contribution in [2.75, 3.05) is 0 Å². The van der Waals surface area contributed by atoms with Gasteiger partial charge < -0.3 is 9.31 Å². The van der Waals surface area contributed by atoms with Crippen LogP contribution >= 0.6 is 0 Å². The third kappa shape index (κ3) is 5.95. The maximum absolute atomic E-state index is 6.32. The van der Waals surface area contributed by atoms with Crippen molar-refractivity contribution in [3.63, 3.8) is 0 Å². The molecule has 0 N–H and O–H groups in total. The van der Waals surface area contributed by atoms with Gasteiger partial charge in [0.05, 0.1) is 11.2 Å². The maximum Gasteiger partial charge on any atom is 0.494 e. The first-order chi connectivity index (χ1) is 23.7. The average Bonchev–Trinajstić information content (AvgIpc) is 3.37. The van der Waals surface area contributed by atoms with Crippen LogP contribution in [0.2, 0.25) is 0 Å². The maximum atomic E-state index is 6.32. The van der Waals surface area contributed by atoms with Crippen LogP contribution in [0, 0.1) is 0 Å². The average molecular weight is 638 g/mol. The molecule has 0 radical (unpaired) electrons. The lowest BCUT2D eigenvalue weighted by molar-refractivity contribution is 0.00578. The van der Waals surface area contributed by atoms with E-state index in [1.165, 1.54) is 10.8 Å². The second kappa shape index (κ2) is 12.2. The van der Waals surface area contributed by atoms with Gasteiger partial charge in [0.2, 0.25) is 0 Å². The van der Waals surface area contributed by atoms with Gasteiger partial charge in [0, 0.05) is 16.7 Å². The quantitative estimate of drug-likeness (QED) is 0.170. The van der Waals surface area contributed by atoms with Crippen LogP contribution in [-0.2, 0) is 9.31 Å². The van der Waals surface area contributed by atoms with Crippen LogP contribution < -0.4 is 5.46 Å². The molecule has 5 nitrogen and oxygen atoms in total. The third-order valence-electron chi connectivity index (χ3n) is 9.79. The molecule has 6 aromatic carbocycles. The van der Waals surface area contributed by atoms with E-state index in [1.807, 2.05) is 60.7 Å². The molecule has 0 saturated carbocycles. The Labute approximate surface area is 287 Å².